The summed E-state index contributed by atoms with van der Waals surface area (Å²) in [6.07, 6.45) is 2.42. The van der Waals surface area contributed by atoms with Crippen LogP contribution < -0.4 is 10.5 Å². The summed E-state index contributed by atoms with van der Waals surface area (Å²) in [4.78, 5) is 4.09. The molecule has 6 heteroatoms. The van der Waals surface area contributed by atoms with Crippen molar-refractivity contribution in [3.05, 3.63) is 46.6 Å². The average Bonchev–Trinajstić information content (AvgIpc) is 2.87. The Morgan fingerprint density at radius 3 is 3.10 bits per heavy atom. The lowest BCUT2D eigenvalue weighted by molar-refractivity contribution is 0.354. The zero-order valence-corrected chi connectivity index (χ0v) is 12.2. The van der Waals surface area contributed by atoms with Gasteiger partial charge in [-0.05, 0) is 29.8 Å². The number of hydrogen-bond acceptors (Lipinski definition) is 4. The van der Waals surface area contributed by atoms with Gasteiger partial charge in [0.15, 0.2) is 0 Å². The van der Waals surface area contributed by atoms with E-state index in [0.29, 0.717) is 28.1 Å². The summed E-state index contributed by atoms with van der Waals surface area (Å²) in [5.74, 6) is 1.10. The Balaban J connectivity index is 1.93. The summed E-state index contributed by atoms with van der Waals surface area (Å²) < 4.78 is 18.0. The number of rotatable bonds is 3. The first-order valence-electron chi connectivity index (χ1n) is 6.18. The van der Waals surface area contributed by atoms with Gasteiger partial charge < -0.3 is 10.5 Å². The first-order chi connectivity index (χ1) is 9.65. The Morgan fingerprint density at radius 1 is 1.45 bits per heavy atom. The molecule has 0 fully saturated rings. The molecular weight excluding hydrogens is 296 g/mol. The monoisotopic (exact) mass is 308 g/mol. The maximum atomic E-state index is 12.4. The Labute approximate surface area is 124 Å². The topological polar surface area (TPSA) is 65.2 Å². The summed E-state index contributed by atoms with van der Waals surface area (Å²) in [5.41, 5.74) is 8.15. The molecule has 0 amide bonds. The normalized spacial score (nSPS) is 14.7. The van der Waals surface area contributed by atoms with Crippen molar-refractivity contribution in [3.63, 3.8) is 0 Å². The van der Waals surface area contributed by atoms with E-state index >= 15 is 0 Å². The Morgan fingerprint density at radius 2 is 2.30 bits per heavy atom. The van der Waals surface area contributed by atoms with Crippen LogP contribution in [-0.4, -0.2) is 15.8 Å². The van der Waals surface area contributed by atoms with Gasteiger partial charge in [-0.15, -0.1) is 0 Å². The molecule has 0 saturated carbocycles. The molecule has 1 aromatic carbocycles. The SMILES string of the molecule is Nc1cccnc1S(=O)Cc1cc(Cl)cc2c1OCC2. The number of nitrogen functional groups attached to an aromatic ring is 1. The van der Waals surface area contributed by atoms with E-state index in [1.165, 1.54) is 0 Å². The van der Waals surface area contributed by atoms with Crippen molar-refractivity contribution < 1.29 is 8.95 Å². The van der Waals surface area contributed by atoms with Gasteiger partial charge in [0.25, 0.3) is 0 Å². The molecule has 0 saturated heterocycles. The minimum absolute atomic E-state index is 0.296. The predicted octanol–water partition coefficient (Wildman–Crippen LogP) is 2.56. The number of anilines is 1. The van der Waals surface area contributed by atoms with Crippen LogP contribution in [-0.2, 0) is 23.0 Å². The number of ether oxygens (including phenoxy) is 1. The van der Waals surface area contributed by atoms with Crippen molar-refractivity contribution in [2.75, 3.05) is 12.3 Å². The molecule has 2 aromatic rings. The Hall–Kier alpha value is -1.59. The second-order valence-electron chi connectivity index (χ2n) is 4.54. The van der Waals surface area contributed by atoms with Crippen LogP contribution in [0.2, 0.25) is 5.02 Å². The van der Waals surface area contributed by atoms with Crippen molar-refractivity contribution in [1.82, 2.24) is 4.98 Å². The second kappa shape index (κ2) is 5.42. The third kappa shape index (κ3) is 2.51. The molecule has 1 aliphatic rings. The Kier molecular flexibility index (Phi) is 3.63. The van der Waals surface area contributed by atoms with E-state index in [1.54, 1.807) is 24.4 Å². The molecule has 0 radical (unpaired) electrons. The fourth-order valence-electron chi connectivity index (χ4n) is 2.26. The number of aromatic nitrogens is 1. The lowest BCUT2D eigenvalue weighted by atomic mass is 10.1. The maximum Gasteiger partial charge on any atom is 0.150 e. The standard InChI is InChI=1S/C14H13ClN2O2S/c15-11-6-9-3-5-19-13(9)10(7-11)8-20(18)14-12(16)2-1-4-17-14/h1-2,4,6-7H,3,5,8,16H2. The highest BCUT2D eigenvalue weighted by Gasteiger charge is 2.20. The average molecular weight is 309 g/mol. The van der Waals surface area contributed by atoms with E-state index in [4.69, 9.17) is 22.1 Å². The summed E-state index contributed by atoms with van der Waals surface area (Å²) in [6, 6.07) is 7.10. The van der Waals surface area contributed by atoms with Gasteiger partial charge in [0, 0.05) is 23.2 Å². The van der Waals surface area contributed by atoms with Gasteiger partial charge in [0.05, 0.1) is 28.8 Å². The first-order valence-corrected chi connectivity index (χ1v) is 7.88. The summed E-state index contributed by atoms with van der Waals surface area (Å²) in [5, 5.41) is 1.04. The van der Waals surface area contributed by atoms with Crippen LogP contribution in [0.5, 0.6) is 5.75 Å². The quantitative estimate of drug-likeness (QED) is 0.946. The highest BCUT2D eigenvalue weighted by Crippen LogP contribution is 2.34. The fraction of sp³-hybridized carbons (Fsp3) is 0.214. The van der Waals surface area contributed by atoms with Crippen molar-refractivity contribution in [2.45, 2.75) is 17.2 Å². The predicted molar refractivity (Wildman–Crippen MR) is 79.4 cm³/mol. The van der Waals surface area contributed by atoms with E-state index in [2.05, 4.69) is 4.98 Å². The van der Waals surface area contributed by atoms with Crippen LogP contribution >= 0.6 is 11.6 Å². The number of hydrogen-bond donors (Lipinski definition) is 1. The van der Waals surface area contributed by atoms with Gasteiger partial charge in [0.1, 0.15) is 10.8 Å². The van der Waals surface area contributed by atoms with Gasteiger partial charge in [-0.3, -0.25) is 4.21 Å². The molecule has 1 unspecified atom stereocenters. The highest BCUT2D eigenvalue weighted by atomic mass is 35.5. The van der Waals surface area contributed by atoms with Gasteiger partial charge in [-0.25, -0.2) is 4.98 Å². The van der Waals surface area contributed by atoms with Crippen molar-refractivity contribution in [2.24, 2.45) is 0 Å². The van der Waals surface area contributed by atoms with Crippen LogP contribution in [0.1, 0.15) is 11.1 Å². The van der Waals surface area contributed by atoms with E-state index in [0.717, 1.165) is 23.3 Å². The molecular formula is C14H13ClN2O2S. The minimum Gasteiger partial charge on any atom is -0.493 e. The van der Waals surface area contributed by atoms with E-state index in [1.807, 2.05) is 6.07 Å². The Bertz CT molecular complexity index is 691. The van der Waals surface area contributed by atoms with Gasteiger partial charge in [-0.1, -0.05) is 11.6 Å². The highest BCUT2D eigenvalue weighted by molar-refractivity contribution is 7.84. The third-order valence-electron chi connectivity index (χ3n) is 3.13. The van der Waals surface area contributed by atoms with Crippen LogP contribution in [0.3, 0.4) is 0 Å². The number of fused-ring (bicyclic) bond motifs is 1. The molecule has 3 rings (SSSR count). The van der Waals surface area contributed by atoms with Gasteiger partial charge in [0.2, 0.25) is 0 Å². The summed E-state index contributed by atoms with van der Waals surface area (Å²) in [6.45, 7) is 0.640. The lowest BCUT2D eigenvalue weighted by Gasteiger charge is -2.09. The van der Waals surface area contributed by atoms with E-state index < -0.39 is 10.8 Å². The second-order valence-corrected chi connectivity index (χ2v) is 6.34. The molecule has 0 bridgehead atoms. The molecule has 0 spiro atoms. The van der Waals surface area contributed by atoms with Gasteiger partial charge in [-0.2, -0.15) is 0 Å². The van der Waals surface area contributed by atoms with E-state index in [9.17, 15) is 4.21 Å². The zero-order chi connectivity index (χ0) is 14.1. The molecule has 1 aromatic heterocycles. The zero-order valence-electron chi connectivity index (χ0n) is 10.6. The molecule has 104 valence electrons. The van der Waals surface area contributed by atoms with Crippen LogP contribution in [0.15, 0.2) is 35.5 Å². The van der Waals surface area contributed by atoms with Gasteiger partial charge >= 0.3 is 0 Å². The van der Waals surface area contributed by atoms with E-state index in [-0.39, 0.29) is 0 Å². The number of pyridine rings is 1. The minimum atomic E-state index is -1.32. The molecule has 20 heavy (non-hydrogen) atoms. The molecule has 2 heterocycles. The van der Waals surface area contributed by atoms with Crippen LogP contribution in [0.4, 0.5) is 5.69 Å². The van der Waals surface area contributed by atoms with Crippen molar-refractivity contribution in [1.29, 1.82) is 0 Å². The first kappa shape index (κ1) is 13.4. The maximum absolute atomic E-state index is 12.4. The lowest BCUT2D eigenvalue weighted by Crippen LogP contribution is -2.04. The molecule has 2 N–H and O–H groups in total. The molecule has 1 atom stereocenters. The molecule has 4 nitrogen and oxygen atoms in total. The smallest absolute Gasteiger partial charge is 0.150 e. The largest absolute Gasteiger partial charge is 0.493 e. The van der Waals surface area contributed by atoms with Crippen LogP contribution in [0.25, 0.3) is 0 Å². The number of nitrogens with two attached hydrogens (primary N) is 1. The van der Waals surface area contributed by atoms with Crippen molar-refractivity contribution >= 4 is 28.1 Å². The number of benzene rings is 1. The number of halogens is 1. The van der Waals surface area contributed by atoms with Crippen molar-refractivity contribution in [3.8, 4) is 5.75 Å². The molecule has 0 aliphatic carbocycles. The fourth-order valence-corrected chi connectivity index (χ4v) is 3.66. The molecule has 1 aliphatic heterocycles. The summed E-state index contributed by atoms with van der Waals surface area (Å²) >= 11 is 6.09. The van der Waals surface area contributed by atoms with Crippen LogP contribution in [0, 0.1) is 0 Å². The summed E-state index contributed by atoms with van der Waals surface area (Å²) in [7, 11) is -1.32. The number of nitrogens with zero attached hydrogens (tertiary/aromatic N) is 1. The third-order valence-corrected chi connectivity index (χ3v) is 4.69.